The molecule has 0 spiro atoms. The van der Waals surface area contributed by atoms with Crippen molar-refractivity contribution in [3.05, 3.63) is 17.5 Å². The number of hydrogen-bond acceptors (Lipinski definition) is 7. The van der Waals surface area contributed by atoms with Crippen LogP contribution in [-0.4, -0.2) is 75.2 Å². The molecule has 0 saturated carbocycles. The molecule has 0 radical (unpaired) electrons. The van der Waals surface area contributed by atoms with Crippen LogP contribution in [0.2, 0.25) is 0 Å². The Morgan fingerprint density at radius 3 is 2.02 bits per heavy atom. The van der Waals surface area contributed by atoms with Crippen LogP contribution in [-0.2, 0) is 30.5 Å². The first-order chi connectivity index (χ1) is 20.4. The Bertz CT molecular complexity index is 1120. The summed E-state index contributed by atoms with van der Waals surface area (Å²) in [4.78, 5) is 63.5. The van der Waals surface area contributed by atoms with Crippen LogP contribution in [0.3, 0.4) is 0 Å². The lowest BCUT2D eigenvalue weighted by atomic mass is 9.91. The molecular formula is C31H55N7O6. The van der Waals surface area contributed by atoms with Crippen molar-refractivity contribution >= 4 is 29.5 Å². The fourth-order valence-electron chi connectivity index (χ4n) is 4.77. The van der Waals surface area contributed by atoms with E-state index in [9.17, 15) is 29.1 Å². The first-order valence-electron chi connectivity index (χ1n) is 15.6. The lowest BCUT2D eigenvalue weighted by molar-refractivity contribution is -0.133. The quantitative estimate of drug-likeness (QED) is 0.133. The molecule has 0 saturated heterocycles. The molecule has 5 atom stereocenters. The molecule has 7 N–H and O–H groups in total. The third-order valence-electron chi connectivity index (χ3n) is 7.20. The number of rotatable bonds is 19. The van der Waals surface area contributed by atoms with Gasteiger partial charge in [0, 0.05) is 31.1 Å². The van der Waals surface area contributed by atoms with E-state index in [2.05, 4.69) is 26.4 Å². The first-order valence-corrected chi connectivity index (χ1v) is 15.6. The maximum absolute atomic E-state index is 13.3. The number of amides is 5. The summed E-state index contributed by atoms with van der Waals surface area (Å²) in [6.45, 7) is 17.6. The summed E-state index contributed by atoms with van der Waals surface area (Å²) in [6, 6.07) is -0.847. The Labute approximate surface area is 261 Å². The van der Waals surface area contributed by atoms with Crippen LogP contribution in [0.25, 0.3) is 0 Å². The maximum atomic E-state index is 13.3. The van der Waals surface area contributed by atoms with Crippen molar-refractivity contribution in [2.75, 3.05) is 6.54 Å². The standard InChI is InChI=1S/C31H55N7O6/c1-17(2)12-23(25(39)13-20(7)29(42)36-28(19(5)6)31(44)33-16-18(3)4)35-30(43)24(15-26(32)40)34-27(41)10-11-38-22(9)14-21(8)37-38/h14,17-20,23-25,28,39H,10-13,15-16H2,1-9H3,(H2,32,40)(H,33,44)(H,34,41)(H,35,43)(H,36,42). The molecule has 13 nitrogen and oxygen atoms in total. The minimum absolute atomic E-state index is 0.0113. The molecule has 0 bridgehead atoms. The first kappa shape index (κ1) is 38.5. The number of aromatic nitrogens is 2. The third kappa shape index (κ3) is 13.9. The van der Waals surface area contributed by atoms with Gasteiger partial charge in [0.05, 0.1) is 24.3 Å². The number of carbonyl (C=O) groups is 5. The highest BCUT2D eigenvalue weighted by Gasteiger charge is 2.32. The summed E-state index contributed by atoms with van der Waals surface area (Å²) in [5.41, 5.74) is 7.09. The summed E-state index contributed by atoms with van der Waals surface area (Å²) < 4.78 is 1.69. The Balaban J connectivity index is 2.91. The van der Waals surface area contributed by atoms with E-state index in [1.165, 1.54) is 0 Å². The van der Waals surface area contributed by atoms with E-state index in [4.69, 9.17) is 5.73 Å². The zero-order valence-corrected chi connectivity index (χ0v) is 27.9. The largest absolute Gasteiger partial charge is 0.391 e. The molecule has 0 aliphatic heterocycles. The van der Waals surface area contributed by atoms with Gasteiger partial charge < -0.3 is 32.1 Å². The summed E-state index contributed by atoms with van der Waals surface area (Å²) in [7, 11) is 0. The molecule has 0 aliphatic rings. The zero-order chi connectivity index (χ0) is 33.7. The number of nitrogens with two attached hydrogens (primary N) is 1. The highest BCUT2D eigenvalue weighted by atomic mass is 16.3. The van der Waals surface area contributed by atoms with Gasteiger partial charge in [-0.15, -0.1) is 0 Å². The van der Waals surface area contributed by atoms with Gasteiger partial charge in [-0.2, -0.15) is 5.10 Å². The van der Waals surface area contributed by atoms with Crippen LogP contribution >= 0.6 is 0 Å². The van der Waals surface area contributed by atoms with Gasteiger partial charge in [0.1, 0.15) is 12.1 Å². The highest BCUT2D eigenvalue weighted by molar-refractivity contribution is 5.92. The second-order valence-electron chi connectivity index (χ2n) is 13.0. The molecule has 13 heteroatoms. The molecular weight excluding hydrogens is 566 g/mol. The molecule has 250 valence electrons. The second kappa shape index (κ2) is 18.4. The SMILES string of the molecule is Cc1cc(C)n(CCC(=O)NC(CC(N)=O)C(=O)NC(CC(C)C)C(O)CC(C)C(=O)NC(C(=O)NCC(C)C)C(C)C)n1. The van der Waals surface area contributed by atoms with Crippen molar-refractivity contribution in [2.45, 2.75) is 119 Å². The smallest absolute Gasteiger partial charge is 0.243 e. The predicted molar refractivity (Wildman–Crippen MR) is 168 cm³/mol. The highest BCUT2D eigenvalue weighted by Crippen LogP contribution is 2.17. The number of nitrogens with one attached hydrogen (secondary N) is 4. The Kier molecular flexibility index (Phi) is 16.1. The molecule has 0 aromatic carbocycles. The molecule has 5 unspecified atom stereocenters. The van der Waals surface area contributed by atoms with Crippen molar-refractivity contribution in [1.29, 1.82) is 0 Å². The van der Waals surface area contributed by atoms with Crippen LogP contribution < -0.4 is 27.0 Å². The predicted octanol–water partition coefficient (Wildman–Crippen LogP) is 1.08. The fraction of sp³-hybridized carbons (Fsp3) is 0.742. The van der Waals surface area contributed by atoms with E-state index in [1.54, 1.807) is 11.6 Å². The van der Waals surface area contributed by atoms with Crippen molar-refractivity contribution in [3.8, 4) is 0 Å². The number of aliphatic hydroxyl groups excluding tert-OH is 1. The van der Waals surface area contributed by atoms with Gasteiger partial charge in [-0.1, -0.05) is 48.5 Å². The van der Waals surface area contributed by atoms with E-state index in [0.29, 0.717) is 19.5 Å². The van der Waals surface area contributed by atoms with Crippen LogP contribution in [0.5, 0.6) is 0 Å². The zero-order valence-electron chi connectivity index (χ0n) is 27.9. The third-order valence-corrected chi connectivity index (χ3v) is 7.20. The van der Waals surface area contributed by atoms with Crippen LogP contribution in [0.4, 0.5) is 0 Å². The number of hydrogen-bond donors (Lipinski definition) is 6. The average molecular weight is 622 g/mol. The molecule has 1 aromatic heterocycles. The number of carbonyl (C=O) groups excluding carboxylic acids is 5. The second-order valence-corrected chi connectivity index (χ2v) is 13.0. The van der Waals surface area contributed by atoms with E-state index >= 15 is 0 Å². The minimum Gasteiger partial charge on any atom is -0.391 e. The van der Waals surface area contributed by atoms with Crippen LogP contribution in [0.1, 0.15) is 85.5 Å². The molecule has 0 fully saturated rings. The lowest BCUT2D eigenvalue weighted by Gasteiger charge is -2.30. The Morgan fingerprint density at radius 2 is 1.52 bits per heavy atom. The Hall–Kier alpha value is -3.48. The molecule has 0 aliphatic carbocycles. The lowest BCUT2D eigenvalue weighted by Crippen LogP contribution is -2.54. The number of aryl methyl sites for hydroxylation is 3. The summed E-state index contributed by atoms with van der Waals surface area (Å²) in [5.74, 6) is -3.04. The van der Waals surface area contributed by atoms with Crippen molar-refractivity contribution in [3.63, 3.8) is 0 Å². The van der Waals surface area contributed by atoms with Crippen LogP contribution in [0.15, 0.2) is 6.07 Å². The normalized spacial score (nSPS) is 14.9. The van der Waals surface area contributed by atoms with Crippen molar-refractivity contribution in [1.82, 2.24) is 31.0 Å². The Morgan fingerprint density at radius 1 is 0.886 bits per heavy atom. The molecule has 1 heterocycles. The summed E-state index contributed by atoms with van der Waals surface area (Å²) >= 11 is 0. The minimum atomic E-state index is -1.24. The molecule has 1 rings (SSSR count). The topological polar surface area (TPSA) is 198 Å². The number of aliphatic hydroxyl groups is 1. The summed E-state index contributed by atoms with van der Waals surface area (Å²) in [6.07, 6.45) is -1.12. The van der Waals surface area contributed by atoms with Crippen molar-refractivity contribution < 1.29 is 29.1 Å². The molecule has 5 amide bonds. The van der Waals surface area contributed by atoms with Crippen molar-refractivity contribution in [2.24, 2.45) is 29.4 Å². The maximum Gasteiger partial charge on any atom is 0.243 e. The number of primary amides is 1. The van der Waals surface area contributed by atoms with Gasteiger partial charge in [-0.05, 0) is 50.5 Å². The molecule has 1 aromatic rings. The monoisotopic (exact) mass is 621 g/mol. The van der Waals surface area contributed by atoms with Gasteiger partial charge in [0.2, 0.25) is 29.5 Å². The van der Waals surface area contributed by atoms with Gasteiger partial charge in [0.25, 0.3) is 0 Å². The number of nitrogens with zero attached hydrogens (tertiary/aromatic N) is 2. The van der Waals surface area contributed by atoms with E-state index in [1.807, 2.05) is 61.5 Å². The van der Waals surface area contributed by atoms with E-state index < -0.39 is 60.2 Å². The van der Waals surface area contributed by atoms with Crippen LogP contribution in [0, 0.1) is 37.5 Å². The van der Waals surface area contributed by atoms with E-state index in [0.717, 1.165) is 11.4 Å². The average Bonchev–Trinajstić information content (AvgIpc) is 3.23. The fourth-order valence-corrected chi connectivity index (χ4v) is 4.77. The van der Waals surface area contributed by atoms with Gasteiger partial charge in [-0.3, -0.25) is 28.7 Å². The molecule has 44 heavy (non-hydrogen) atoms. The van der Waals surface area contributed by atoms with E-state index in [-0.39, 0.29) is 36.5 Å². The van der Waals surface area contributed by atoms with Gasteiger partial charge in [-0.25, -0.2) is 0 Å². The van der Waals surface area contributed by atoms with Gasteiger partial charge in [0.15, 0.2) is 0 Å². The van der Waals surface area contributed by atoms with Gasteiger partial charge >= 0.3 is 0 Å². The summed E-state index contributed by atoms with van der Waals surface area (Å²) in [5, 5.41) is 26.5.